The fraction of sp³-hybridized carbons (Fsp3) is 0.333. The smallest absolute Gasteiger partial charge is 0.242 e. The van der Waals surface area contributed by atoms with Crippen LogP contribution < -0.4 is 15.8 Å². The Hall–Kier alpha value is -2.01. The van der Waals surface area contributed by atoms with Gasteiger partial charge >= 0.3 is 0 Å². The van der Waals surface area contributed by atoms with Crippen molar-refractivity contribution >= 4 is 23.1 Å². The molecule has 112 valence electrons. The number of nitrogens with one attached hydrogen (secondary N) is 1. The molecule has 1 atom stereocenters. The Morgan fingerprint density at radius 3 is 2.57 bits per heavy atom. The van der Waals surface area contributed by atoms with Crippen LogP contribution in [0, 0.1) is 0 Å². The highest BCUT2D eigenvalue weighted by Crippen LogP contribution is 2.30. The van der Waals surface area contributed by atoms with E-state index < -0.39 is 0 Å². The molecule has 0 saturated heterocycles. The van der Waals surface area contributed by atoms with E-state index in [1.165, 1.54) is 6.33 Å². The molecule has 6 heteroatoms. The quantitative estimate of drug-likeness (QED) is 0.881. The largest absolute Gasteiger partial charge is 0.473 e. The highest BCUT2D eigenvalue weighted by molar-refractivity contribution is 6.31. The summed E-state index contributed by atoms with van der Waals surface area (Å²) in [5.74, 6) is 0.918. The van der Waals surface area contributed by atoms with Crippen LogP contribution in [0.1, 0.15) is 32.4 Å². The van der Waals surface area contributed by atoms with E-state index in [-0.39, 0.29) is 12.1 Å². The zero-order valence-corrected chi connectivity index (χ0v) is 13.1. The molecular formula is C15H19ClN4O. The van der Waals surface area contributed by atoms with Crippen LogP contribution in [0.5, 0.6) is 5.88 Å². The van der Waals surface area contributed by atoms with Gasteiger partial charge in [-0.05, 0) is 32.4 Å². The van der Waals surface area contributed by atoms with Gasteiger partial charge in [-0.3, -0.25) is 0 Å². The van der Waals surface area contributed by atoms with Crippen molar-refractivity contribution in [2.75, 3.05) is 11.1 Å². The summed E-state index contributed by atoms with van der Waals surface area (Å²) in [5.41, 5.74) is 7.42. The summed E-state index contributed by atoms with van der Waals surface area (Å²) < 4.78 is 5.55. The van der Waals surface area contributed by atoms with E-state index in [9.17, 15) is 0 Å². The van der Waals surface area contributed by atoms with Gasteiger partial charge in [-0.15, -0.1) is 0 Å². The molecule has 1 unspecified atom stereocenters. The second kappa shape index (κ2) is 6.63. The molecule has 1 aromatic heterocycles. The average molecular weight is 307 g/mol. The highest BCUT2D eigenvalue weighted by Gasteiger charge is 2.15. The summed E-state index contributed by atoms with van der Waals surface area (Å²) in [4.78, 5) is 8.22. The zero-order valence-electron chi connectivity index (χ0n) is 12.3. The fourth-order valence-corrected chi connectivity index (χ4v) is 2.22. The Kier molecular flexibility index (Phi) is 4.85. The number of halogens is 1. The van der Waals surface area contributed by atoms with Crippen LogP contribution in [0.4, 0.5) is 11.5 Å². The molecule has 5 nitrogen and oxygen atoms in total. The van der Waals surface area contributed by atoms with Gasteiger partial charge in [0.05, 0.1) is 12.1 Å². The molecule has 1 heterocycles. The molecule has 0 bridgehead atoms. The Balaban J connectivity index is 2.22. The summed E-state index contributed by atoms with van der Waals surface area (Å²) >= 11 is 6.20. The van der Waals surface area contributed by atoms with E-state index in [0.717, 1.165) is 5.56 Å². The molecule has 3 N–H and O–H groups in total. The molecule has 0 aliphatic rings. The van der Waals surface area contributed by atoms with Crippen LogP contribution in [-0.4, -0.2) is 16.1 Å². The third-order valence-corrected chi connectivity index (χ3v) is 3.26. The third-order valence-electron chi connectivity index (χ3n) is 2.92. The van der Waals surface area contributed by atoms with E-state index >= 15 is 0 Å². The lowest BCUT2D eigenvalue weighted by Crippen LogP contribution is -2.14. The lowest BCUT2D eigenvalue weighted by molar-refractivity contribution is 0.234. The minimum absolute atomic E-state index is 0.00367. The normalized spacial score (nSPS) is 12.2. The number of ether oxygens (including phenoxy) is 1. The lowest BCUT2D eigenvalue weighted by Gasteiger charge is -2.18. The summed E-state index contributed by atoms with van der Waals surface area (Å²) in [6.07, 6.45) is 1.42. The number of aromatic nitrogens is 2. The molecule has 0 aliphatic carbocycles. The van der Waals surface area contributed by atoms with Crippen LogP contribution in [-0.2, 0) is 0 Å². The third kappa shape index (κ3) is 3.76. The Morgan fingerprint density at radius 2 is 1.90 bits per heavy atom. The van der Waals surface area contributed by atoms with Gasteiger partial charge in [-0.2, -0.15) is 4.98 Å². The number of hydrogen-bond acceptors (Lipinski definition) is 5. The number of nitrogens with zero attached hydrogens (tertiary/aromatic N) is 2. The Bertz CT molecular complexity index is 618. The van der Waals surface area contributed by atoms with Gasteiger partial charge in [0.25, 0.3) is 0 Å². The molecule has 0 aliphatic heterocycles. The number of benzene rings is 1. The number of anilines is 2. The number of rotatable bonds is 5. The van der Waals surface area contributed by atoms with Gasteiger partial charge < -0.3 is 15.8 Å². The molecule has 0 saturated carbocycles. The molecular weight excluding hydrogens is 288 g/mol. The summed E-state index contributed by atoms with van der Waals surface area (Å²) in [6, 6.07) is 7.61. The van der Waals surface area contributed by atoms with Gasteiger partial charge in [0.2, 0.25) is 5.88 Å². The molecule has 0 radical (unpaired) electrons. The second-order valence-corrected chi connectivity index (χ2v) is 5.40. The molecule has 0 fully saturated rings. The molecule has 2 rings (SSSR count). The summed E-state index contributed by atoms with van der Waals surface area (Å²) in [7, 11) is 0. The van der Waals surface area contributed by atoms with E-state index in [2.05, 4.69) is 15.3 Å². The standard InChI is InChI=1S/C15H19ClN4O/c1-9(2)21-15-13(17)14(18-8-19-15)20-10(3)11-6-4-5-7-12(11)16/h4-10H,17H2,1-3H3,(H,18,19,20). The first kappa shape index (κ1) is 15.4. The predicted octanol–water partition coefficient (Wildman–Crippen LogP) is 3.67. The maximum atomic E-state index is 6.20. The van der Waals surface area contributed by atoms with Gasteiger partial charge in [-0.1, -0.05) is 29.8 Å². The lowest BCUT2D eigenvalue weighted by atomic mass is 10.1. The SMILES string of the molecule is CC(C)Oc1ncnc(NC(C)c2ccccc2Cl)c1N. The molecule has 0 spiro atoms. The molecule has 0 amide bonds. The maximum Gasteiger partial charge on any atom is 0.242 e. The summed E-state index contributed by atoms with van der Waals surface area (Å²) in [5, 5.41) is 3.94. The Labute approximate surface area is 129 Å². The topological polar surface area (TPSA) is 73.1 Å². The van der Waals surface area contributed by atoms with Crippen molar-refractivity contribution in [3.63, 3.8) is 0 Å². The van der Waals surface area contributed by atoms with E-state index in [1.807, 2.05) is 45.0 Å². The minimum atomic E-state index is -0.0391. The van der Waals surface area contributed by atoms with Crippen molar-refractivity contribution in [2.45, 2.75) is 32.9 Å². The van der Waals surface area contributed by atoms with Crippen molar-refractivity contribution in [3.8, 4) is 5.88 Å². The van der Waals surface area contributed by atoms with Crippen molar-refractivity contribution in [3.05, 3.63) is 41.2 Å². The average Bonchev–Trinajstić information content (AvgIpc) is 2.43. The number of hydrogen-bond donors (Lipinski definition) is 2. The van der Waals surface area contributed by atoms with Gasteiger partial charge in [0, 0.05) is 5.02 Å². The summed E-state index contributed by atoms with van der Waals surface area (Å²) in [6.45, 7) is 5.83. The van der Waals surface area contributed by atoms with Crippen LogP contribution in [0.15, 0.2) is 30.6 Å². The van der Waals surface area contributed by atoms with Crippen LogP contribution in [0.25, 0.3) is 0 Å². The van der Waals surface area contributed by atoms with Gasteiger partial charge in [0.1, 0.15) is 12.0 Å². The molecule has 1 aromatic carbocycles. The van der Waals surface area contributed by atoms with Crippen molar-refractivity contribution in [1.82, 2.24) is 9.97 Å². The fourth-order valence-electron chi connectivity index (χ4n) is 1.92. The number of nitrogen functional groups attached to an aromatic ring is 1. The van der Waals surface area contributed by atoms with Crippen LogP contribution in [0.2, 0.25) is 5.02 Å². The van der Waals surface area contributed by atoms with Gasteiger partial charge in [-0.25, -0.2) is 4.98 Å². The first-order chi connectivity index (χ1) is 9.99. The first-order valence-corrected chi connectivity index (χ1v) is 7.15. The van der Waals surface area contributed by atoms with Gasteiger partial charge in [0.15, 0.2) is 5.82 Å². The minimum Gasteiger partial charge on any atom is -0.473 e. The molecule has 2 aromatic rings. The first-order valence-electron chi connectivity index (χ1n) is 6.77. The maximum absolute atomic E-state index is 6.20. The number of nitrogens with two attached hydrogens (primary N) is 1. The highest BCUT2D eigenvalue weighted by atomic mass is 35.5. The Morgan fingerprint density at radius 1 is 1.19 bits per heavy atom. The van der Waals surface area contributed by atoms with Crippen molar-refractivity contribution < 1.29 is 4.74 Å². The molecule has 21 heavy (non-hydrogen) atoms. The monoisotopic (exact) mass is 306 g/mol. The van der Waals surface area contributed by atoms with Crippen molar-refractivity contribution in [2.24, 2.45) is 0 Å². The van der Waals surface area contributed by atoms with E-state index in [4.69, 9.17) is 22.1 Å². The van der Waals surface area contributed by atoms with E-state index in [0.29, 0.717) is 22.4 Å². The predicted molar refractivity (Wildman–Crippen MR) is 85.7 cm³/mol. The van der Waals surface area contributed by atoms with Crippen molar-refractivity contribution in [1.29, 1.82) is 0 Å². The van der Waals surface area contributed by atoms with Crippen LogP contribution in [0.3, 0.4) is 0 Å². The van der Waals surface area contributed by atoms with E-state index in [1.54, 1.807) is 0 Å². The van der Waals surface area contributed by atoms with Crippen LogP contribution >= 0.6 is 11.6 Å². The second-order valence-electron chi connectivity index (χ2n) is 5.00. The zero-order chi connectivity index (χ0) is 15.4.